The molecule has 3 heterocycles. The second-order valence-corrected chi connectivity index (χ2v) is 12.2. The smallest absolute Gasteiger partial charge is 0.459 e. The average Bonchev–Trinajstić information content (AvgIpc) is 3.52. The van der Waals surface area contributed by atoms with Gasteiger partial charge < -0.3 is 29.9 Å². The Morgan fingerprint density at radius 1 is 1.16 bits per heavy atom. The number of benzene rings is 2. The van der Waals surface area contributed by atoms with Gasteiger partial charge in [-0.05, 0) is 32.2 Å². The predicted molar refractivity (Wildman–Crippen MR) is 153 cm³/mol. The van der Waals surface area contributed by atoms with E-state index in [1.54, 1.807) is 50.2 Å². The number of carbonyl (C=O) groups is 1. The molecule has 0 aliphatic carbocycles. The Bertz CT molecular complexity index is 1700. The van der Waals surface area contributed by atoms with Gasteiger partial charge in [0, 0.05) is 5.39 Å². The zero-order chi connectivity index (χ0) is 31.8. The van der Waals surface area contributed by atoms with E-state index in [1.807, 2.05) is 0 Å². The van der Waals surface area contributed by atoms with Crippen molar-refractivity contribution in [3.8, 4) is 5.75 Å². The van der Waals surface area contributed by atoms with Crippen molar-refractivity contribution in [3.05, 3.63) is 55.1 Å². The van der Waals surface area contributed by atoms with Gasteiger partial charge in [-0.25, -0.2) is 28.3 Å². The number of aromatic nitrogens is 4. The zero-order valence-corrected chi connectivity index (χ0v) is 24.7. The van der Waals surface area contributed by atoms with Crippen LogP contribution < -0.4 is 15.3 Å². The largest absolute Gasteiger partial charge is 0.462 e. The maximum atomic E-state index is 14.8. The van der Waals surface area contributed by atoms with E-state index in [9.17, 15) is 28.4 Å². The Labute approximate surface area is 249 Å². The van der Waals surface area contributed by atoms with Gasteiger partial charge >= 0.3 is 13.7 Å². The number of nitrogens with two attached hydrogens (primary N) is 1. The number of ether oxygens (including phenoxy) is 2. The quantitative estimate of drug-likeness (QED) is 0.139. The first-order chi connectivity index (χ1) is 20.8. The highest BCUT2D eigenvalue weighted by Crippen LogP contribution is 2.50. The minimum absolute atomic E-state index is 0.0561. The topological polar surface area (TPSA) is 193 Å². The molecule has 14 nitrogen and oxygen atoms in total. The Hall–Kier alpha value is -3.79. The van der Waals surface area contributed by atoms with Crippen molar-refractivity contribution < 1.29 is 46.9 Å². The van der Waals surface area contributed by atoms with Gasteiger partial charge in [-0.1, -0.05) is 36.4 Å². The molecule has 1 unspecified atom stereocenters. The maximum absolute atomic E-state index is 14.8. The van der Waals surface area contributed by atoms with Crippen molar-refractivity contribution in [3.63, 3.8) is 0 Å². The number of aliphatic hydroxyl groups is 2. The summed E-state index contributed by atoms with van der Waals surface area (Å²) < 4.78 is 67.0. The van der Waals surface area contributed by atoms with Crippen LogP contribution in [0.4, 0.5) is 14.6 Å². The molecule has 6 atom stereocenters. The van der Waals surface area contributed by atoms with Crippen LogP contribution >= 0.6 is 7.75 Å². The third-order valence-corrected chi connectivity index (χ3v) is 8.59. The number of carbonyl (C=O) groups excluding carboxylic acids is 1. The summed E-state index contributed by atoms with van der Waals surface area (Å²) >= 11 is 0. The summed E-state index contributed by atoms with van der Waals surface area (Å²) in [4.78, 5) is 24.4. The molecule has 0 saturated carbocycles. The SMILES string of the molecule is CC(C)OC(=O)[C@H](C)NP(=O)(OC[C@@]1(C(F)F)O[C@@H](n2cnc3ncnc(N)c32)[C@H](O)[C@@H]1O)Oc1cccc2ccccc12. The molecular formula is C27H31F2N6O8P. The Morgan fingerprint density at radius 3 is 2.61 bits per heavy atom. The molecule has 1 aliphatic rings. The van der Waals surface area contributed by atoms with Crippen molar-refractivity contribution in [2.75, 3.05) is 12.3 Å². The molecule has 2 aromatic heterocycles. The Kier molecular flexibility index (Phi) is 8.84. The number of hydrogen-bond acceptors (Lipinski definition) is 12. The number of nitrogens with zero attached hydrogens (tertiary/aromatic N) is 4. The molecular weight excluding hydrogens is 605 g/mol. The fourth-order valence-electron chi connectivity index (χ4n) is 4.79. The van der Waals surface area contributed by atoms with Crippen molar-refractivity contribution in [2.45, 2.75) is 63.4 Å². The highest BCUT2D eigenvalue weighted by molar-refractivity contribution is 7.52. The lowest BCUT2D eigenvalue weighted by atomic mass is 9.96. The molecule has 0 radical (unpaired) electrons. The van der Waals surface area contributed by atoms with E-state index in [0.717, 1.165) is 17.2 Å². The summed E-state index contributed by atoms with van der Waals surface area (Å²) in [5, 5.41) is 25.5. The van der Waals surface area contributed by atoms with Crippen molar-refractivity contribution in [1.29, 1.82) is 0 Å². The van der Waals surface area contributed by atoms with Crippen LogP contribution in [0.2, 0.25) is 0 Å². The molecule has 4 aromatic rings. The Morgan fingerprint density at radius 2 is 1.89 bits per heavy atom. The molecule has 44 heavy (non-hydrogen) atoms. The number of hydrogen-bond donors (Lipinski definition) is 4. The first kappa shape index (κ1) is 31.6. The average molecular weight is 637 g/mol. The number of esters is 1. The second kappa shape index (κ2) is 12.3. The van der Waals surface area contributed by atoms with E-state index >= 15 is 0 Å². The summed E-state index contributed by atoms with van der Waals surface area (Å²) in [5.74, 6) is -0.836. The van der Waals surface area contributed by atoms with Gasteiger partial charge in [0.15, 0.2) is 23.3 Å². The fourth-order valence-corrected chi connectivity index (χ4v) is 6.34. The van der Waals surface area contributed by atoms with E-state index in [2.05, 4.69) is 20.0 Å². The lowest BCUT2D eigenvalue weighted by Gasteiger charge is -2.32. The predicted octanol–water partition coefficient (Wildman–Crippen LogP) is 2.95. The van der Waals surface area contributed by atoms with E-state index < -0.39 is 62.9 Å². The van der Waals surface area contributed by atoms with Crippen LogP contribution in [0.1, 0.15) is 27.0 Å². The molecule has 0 bridgehead atoms. The Balaban J connectivity index is 1.47. The number of fused-ring (bicyclic) bond motifs is 2. The monoisotopic (exact) mass is 636 g/mol. The van der Waals surface area contributed by atoms with Crippen LogP contribution in [-0.4, -0.2) is 78.7 Å². The van der Waals surface area contributed by atoms with Gasteiger partial charge in [0.05, 0.1) is 12.7 Å². The molecule has 17 heteroatoms. The number of alkyl halides is 2. The van der Waals surface area contributed by atoms with Crippen LogP contribution in [0.15, 0.2) is 55.1 Å². The van der Waals surface area contributed by atoms with E-state index in [1.165, 1.54) is 13.0 Å². The van der Waals surface area contributed by atoms with E-state index in [4.69, 9.17) is 24.3 Å². The summed E-state index contributed by atoms with van der Waals surface area (Å²) in [6, 6.07) is 10.5. The minimum atomic E-state index is -4.72. The molecule has 1 saturated heterocycles. The molecule has 5 N–H and O–H groups in total. The van der Waals surface area contributed by atoms with Crippen LogP contribution in [0.3, 0.4) is 0 Å². The number of aliphatic hydroxyl groups excluding tert-OH is 2. The molecule has 5 rings (SSSR count). The minimum Gasteiger partial charge on any atom is -0.462 e. The number of rotatable bonds is 11. The first-order valence-electron chi connectivity index (χ1n) is 13.5. The highest BCUT2D eigenvalue weighted by Gasteiger charge is 2.61. The summed E-state index contributed by atoms with van der Waals surface area (Å²) in [5.41, 5.74) is 3.16. The van der Waals surface area contributed by atoms with Crippen LogP contribution in [0, 0.1) is 0 Å². The van der Waals surface area contributed by atoms with Gasteiger partial charge in [0.1, 0.15) is 42.2 Å². The van der Waals surface area contributed by atoms with Crippen LogP contribution in [0.25, 0.3) is 21.9 Å². The lowest BCUT2D eigenvalue weighted by Crippen LogP contribution is -2.53. The fraction of sp³-hybridized carbons (Fsp3) is 0.407. The molecule has 1 aliphatic heterocycles. The van der Waals surface area contributed by atoms with Crippen LogP contribution in [0.5, 0.6) is 5.75 Å². The number of imidazole rings is 1. The lowest BCUT2D eigenvalue weighted by molar-refractivity contribution is -0.191. The van der Waals surface area contributed by atoms with Crippen molar-refractivity contribution in [1.82, 2.24) is 24.6 Å². The van der Waals surface area contributed by atoms with Gasteiger partial charge in [-0.15, -0.1) is 0 Å². The summed E-state index contributed by atoms with van der Waals surface area (Å²) in [6.45, 7) is 3.30. The number of anilines is 1. The number of nitrogens with one attached hydrogen (secondary N) is 1. The standard InChI is InChI=1S/C27H31F2N6O8P/c1-14(2)41-25(38)15(3)34-44(39,43-18-10-6-8-16-7-4-5-9-17(16)18)40-11-27(26(28)29)21(37)20(36)24(42-27)35-13-33-23-19(35)22(30)31-12-32-23/h4-10,12-15,20-21,24,26,36-37H,11H2,1-3H3,(H,34,39)(H2,30,31,32)/t15-,20+,21-,24+,27+,44?/m0/s1. The molecule has 236 valence electrons. The van der Waals surface area contributed by atoms with Gasteiger partial charge in [-0.2, -0.15) is 5.09 Å². The van der Waals surface area contributed by atoms with Crippen molar-refractivity contribution >= 4 is 41.5 Å². The van der Waals surface area contributed by atoms with Crippen LogP contribution in [-0.2, 0) is 23.4 Å². The second-order valence-electron chi connectivity index (χ2n) is 10.5. The summed E-state index contributed by atoms with van der Waals surface area (Å²) in [7, 11) is -4.72. The van der Waals surface area contributed by atoms with E-state index in [-0.39, 0.29) is 22.7 Å². The van der Waals surface area contributed by atoms with Gasteiger partial charge in [0.2, 0.25) is 0 Å². The maximum Gasteiger partial charge on any atom is 0.459 e. The molecule has 1 fully saturated rings. The number of halogens is 2. The van der Waals surface area contributed by atoms with Gasteiger partial charge in [0.25, 0.3) is 6.43 Å². The third-order valence-electron chi connectivity index (χ3n) is 6.98. The summed E-state index contributed by atoms with van der Waals surface area (Å²) in [6.07, 6.45) is -7.56. The molecule has 2 aromatic carbocycles. The highest BCUT2D eigenvalue weighted by atomic mass is 31.2. The molecule has 0 amide bonds. The third kappa shape index (κ3) is 5.96. The normalized spacial score (nSPS) is 24.2. The first-order valence-corrected chi connectivity index (χ1v) is 15.0. The zero-order valence-electron chi connectivity index (χ0n) is 23.8. The van der Waals surface area contributed by atoms with E-state index in [0.29, 0.717) is 10.8 Å². The van der Waals surface area contributed by atoms with Gasteiger partial charge in [-0.3, -0.25) is 13.9 Å². The number of nitrogen functional groups attached to an aromatic ring is 1. The molecule has 0 spiro atoms. The van der Waals surface area contributed by atoms with Crippen molar-refractivity contribution in [2.24, 2.45) is 0 Å².